The van der Waals surface area contributed by atoms with E-state index < -0.39 is 48.1 Å². The fraction of sp³-hybridized carbons (Fsp3) is 1.00. The molecule has 0 N–H and O–H groups in total. The fourth-order valence-corrected chi connectivity index (χ4v) is 0.962. The van der Waals surface area contributed by atoms with Gasteiger partial charge in [0.2, 0.25) is 0 Å². The number of rotatable bonds is 4. The van der Waals surface area contributed by atoms with Gasteiger partial charge in [-0.15, -0.1) is 0 Å². The Balaban J connectivity index is 5.14. The average molecular weight is 366 g/mol. The first-order chi connectivity index (χ1) is 9.38. The molecule has 0 radical (unpaired) electrons. The molecule has 134 valence electrons. The molecule has 22 heavy (non-hydrogen) atoms. The third kappa shape index (κ3) is 5.99. The molecule has 0 aliphatic heterocycles. The maximum absolute atomic E-state index is 12.8. The highest BCUT2D eigenvalue weighted by molar-refractivity contribution is 4.68. The topological polar surface area (TPSA) is 15.7 Å². The van der Waals surface area contributed by atoms with Crippen molar-refractivity contribution in [3.63, 3.8) is 0 Å². The lowest BCUT2D eigenvalue weighted by Crippen LogP contribution is -2.55. The molecule has 0 aliphatic rings. The van der Waals surface area contributed by atoms with Crippen LogP contribution < -0.4 is 0 Å². The van der Waals surface area contributed by atoms with Crippen molar-refractivity contribution in [1.82, 2.24) is 9.96 Å². The minimum Gasteiger partial charge on any atom is -0.280 e. The summed E-state index contributed by atoms with van der Waals surface area (Å²) < 4.78 is 155. The molecule has 3 nitrogen and oxygen atoms in total. The molecule has 1 atom stereocenters. The van der Waals surface area contributed by atoms with Crippen molar-refractivity contribution in [1.29, 1.82) is 0 Å². The van der Waals surface area contributed by atoms with Crippen LogP contribution in [0, 0.1) is 0 Å². The summed E-state index contributed by atoms with van der Waals surface area (Å²) in [5.74, 6) is 0. The molecule has 0 spiro atoms. The van der Waals surface area contributed by atoms with Gasteiger partial charge >= 0.3 is 25.2 Å². The van der Waals surface area contributed by atoms with Gasteiger partial charge in [0, 0.05) is 5.06 Å². The van der Waals surface area contributed by atoms with E-state index in [2.05, 4.69) is 4.84 Å². The molecule has 0 aromatic rings. The molecule has 0 aromatic carbocycles. The lowest BCUT2D eigenvalue weighted by atomic mass is 10.5. The summed E-state index contributed by atoms with van der Waals surface area (Å²) in [4.78, 5) is -0.185. The molecule has 0 heterocycles. The van der Waals surface area contributed by atoms with E-state index in [4.69, 9.17) is 0 Å². The lowest BCUT2D eigenvalue weighted by molar-refractivity contribution is -0.489. The molecule has 0 fully saturated rings. The van der Waals surface area contributed by atoms with Gasteiger partial charge in [-0.25, -0.2) is 4.39 Å². The van der Waals surface area contributed by atoms with Crippen LogP contribution in [0.25, 0.3) is 0 Å². The van der Waals surface area contributed by atoms with Gasteiger partial charge in [0.05, 0.1) is 0 Å². The van der Waals surface area contributed by atoms with Crippen molar-refractivity contribution in [3.05, 3.63) is 0 Å². The van der Waals surface area contributed by atoms with Gasteiger partial charge in [-0.2, -0.15) is 52.7 Å². The standard InChI is InChI=1S/C6H3F13N2O/c7-2(20(3(8,9)10)4(11,12)13)1-22-21(5(14,15)16)6(17,18)19/h2H,1H2. The zero-order valence-corrected chi connectivity index (χ0v) is 9.50. The summed E-state index contributed by atoms with van der Waals surface area (Å²) in [5, 5.41) is -2.84. The fourth-order valence-electron chi connectivity index (χ4n) is 0.962. The third-order valence-electron chi connectivity index (χ3n) is 1.63. The molecule has 0 saturated carbocycles. The summed E-state index contributed by atoms with van der Waals surface area (Å²) in [6.45, 7) is -2.85. The average Bonchev–Trinajstić information content (AvgIpc) is 2.06. The van der Waals surface area contributed by atoms with Gasteiger partial charge in [0.25, 0.3) is 0 Å². The molecule has 1 unspecified atom stereocenters. The maximum atomic E-state index is 12.8. The van der Waals surface area contributed by atoms with Crippen molar-refractivity contribution in [2.24, 2.45) is 0 Å². The highest BCUT2D eigenvalue weighted by Crippen LogP contribution is 2.37. The summed E-state index contributed by atoms with van der Waals surface area (Å²) in [6.07, 6.45) is -30.1. The molecule has 0 aliphatic carbocycles. The van der Waals surface area contributed by atoms with E-state index in [0.29, 0.717) is 0 Å². The summed E-state index contributed by atoms with van der Waals surface area (Å²) in [7, 11) is 0. The highest BCUT2D eigenvalue weighted by atomic mass is 19.4. The van der Waals surface area contributed by atoms with Crippen molar-refractivity contribution < 1.29 is 61.9 Å². The largest absolute Gasteiger partial charge is 0.490 e. The number of nitrogens with zero attached hydrogens (tertiary/aromatic N) is 2. The smallest absolute Gasteiger partial charge is 0.280 e. The summed E-state index contributed by atoms with van der Waals surface area (Å²) in [6, 6.07) is 0. The Bertz CT molecular complexity index is 326. The SMILES string of the molecule is FC(CON(C(F)(F)F)C(F)(F)F)N(C(F)(F)F)C(F)(F)F. The Morgan fingerprint density at radius 3 is 1.18 bits per heavy atom. The lowest BCUT2D eigenvalue weighted by Gasteiger charge is -2.31. The predicted molar refractivity (Wildman–Crippen MR) is 38.7 cm³/mol. The van der Waals surface area contributed by atoms with Gasteiger partial charge in [-0.05, 0) is 0 Å². The molecular weight excluding hydrogens is 363 g/mol. The van der Waals surface area contributed by atoms with Gasteiger partial charge in [-0.1, -0.05) is 4.90 Å². The Kier molecular flexibility index (Phi) is 5.94. The van der Waals surface area contributed by atoms with Crippen molar-refractivity contribution in [2.75, 3.05) is 6.61 Å². The van der Waals surface area contributed by atoms with Gasteiger partial charge in [-0.3, -0.25) is 4.84 Å². The molecule has 0 bridgehead atoms. The Morgan fingerprint density at radius 1 is 0.636 bits per heavy atom. The molecule has 0 rings (SSSR count). The molecule has 16 heteroatoms. The minimum atomic E-state index is -6.46. The molecule has 0 aromatic heterocycles. The third-order valence-corrected chi connectivity index (χ3v) is 1.63. The minimum absolute atomic E-state index is 2.67. The van der Waals surface area contributed by atoms with Crippen LogP contribution in [0.5, 0.6) is 0 Å². The predicted octanol–water partition coefficient (Wildman–Crippen LogP) is 3.90. The van der Waals surface area contributed by atoms with Crippen LogP contribution in [-0.2, 0) is 4.84 Å². The van der Waals surface area contributed by atoms with Crippen LogP contribution in [0.3, 0.4) is 0 Å². The first-order valence-electron chi connectivity index (χ1n) is 4.52. The van der Waals surface area contributed by atoms with E-state index in [1.165, 1.54) is 0 Å². The van der Waals surface area contributed by atoms with Crippen LogP contribution in [0.2, 0.25) is 0 Å². The van der Waals surface area contributed by atoms with Crippen molar-refractivity contribution in [2.45, 2.75) is 31.5 Å². The van der Waals surface area contributed by atoms with Crippen LogP contribution in [-0.4, -0.2) is 48.1 Å². The number of hydrogen-bond acceptors (Lipinski definition) is 3. The summed E-state index contributed by atoms with van der Waals surface area (Å²) in [5.41, 5.74) is 0. The summed E-state index contributed by atoms with van der Waals surface area (Å²) >= 11 is 0. The second kappa shape index (κ2) is 6.23. The first-order valence-corrected chi connectivity index (χ1v) is 4.52. The molecule has 0 saturated heterocycles. The van der Waals surface area contributed by atoms with Crippen LogP contribution in [0.15, 0.2) is 0 Å². The quantitative estimate of drug-likeness (QED) is 0.427. The second-order valence-corrected chi connectivity index (χ2v) is 3.27. The van der Waals surface area contributed by atoms with Crippen LogP contribution in [0.1, 0.15) is 0 Å². The van der Waals surface area contributed by atoms with Gasteiger partial charge in [0.1, 0.15) is 6.61 Å². The van der Waals surface area contributed by atoms with Crippen LogP contribution in [0.4, 0.5) is 57.1 Å². The first kappa shape index (κ1) is 21.0. The van der Waals surface area contributed by atoms with E-state index in [-0.39, 0.29) is 0 Å². The van der Waals surface area contributed by atoms with Crippen LogP contribution >= 0.6 is 0 Å². The zero-order chi connectivity index (χ0) is 18.1. The van der Waals surface area contributed by atoms with E-state index in [0.717, 1.165) is 0 Å². The monoisotopic (exact) mass is 366 g/mol. The number of hydroxylamine groups is 2. The zero-order valence-electron chi connectivity index (χ0n) is 9.50. The Labute approximate surface area is 111 Å². The van der Waals surface area contributed by atoms with E-state index in [1.54, 1.807) is 0 Å². The second-order valence-electron chi connectivity index (χ2n) is 3.27. The van der Waals surface area contributed by atoms with Crippen molar-refractivity contribution in [3.8, 4) is 0 Å². The van der Waals surface area contributed by atoms with Crippen molar-refractivity contribution >= 4 is 0 Å². The van der Waals surface area contributed by atoms with E-state index in [9.17, 15) is 57.1 Å². The number of hydrogen-bond donors (Lipinski definition) is 0. The highest BCUT2D eigenvalue weighted by Gasteiger charge is 2.60. The van der Waals surface area contributed by atoms with E-state index in [1.807, 2.05) is 0 Å². The number of halogens is 13. The molecular formula is C6H3F13N2O. The number of alkyl halides is 13. The Morgan fingerprint density at radius 2 is 0.955 bits per heavy atom. The molecule has 0 amide bonds. The van der Waals surface area contributed by atoms with Gasteiger partial charge < -0.3 is 0 Å². The van der Waals surface area contributed by atoms with Gasteiger partial charge in [0.15, 0.2) is 6.30 Å². The van der Waals surface area contributed by atoms with E-state index >= 15 is 0 Å². The Hall–Kier alpha value is -1.03. The maximum Gasteiger partial charge on any atom is 0.490 e. The normalized spacial score (nSPS) is 16.5.